The van der Waals surface area contributed by atoms with E-state index in [2.05, 4.69) is 10.3 Å². The predicted octanol–water partition coefficient (Wildman–Crippen LogP) is 1.49. The Labute approximate surface area is 115 Å². The zero-order valence-corrected chi connectivity index (χ0v) is 11.6. The van der Waals surface area contributed by atoms with Crippen LogP contribution in [-0.2, 0) is 4.74 Å². The first kappa shape index (κ1) is 13.8. The van der Waals surface area contributed by atoms with Gasteiger partial charge in [-0.1, -0.05) is 0 Å². The molecule has 1 aliphatic heterocycles. The maximum absolute atomic E-state index is 11.8. The Morgan fingerprint density at radius 1 is 1.53 bits per heavy atom. The lowest BCUT2D eigenvalue weighted by molar-refractivity contribution is 0.0860. The summed E-state index contributed by atoms with van der Waals surface area (Å²) in [4.78, 5) is 29.0. The highest BCUT2D eigenvalue weighted by atomic mass is 32.1. The topological polar surface area (TPSA) is 71.5 Å². The van der Waals surface area contributed by atoms with Crippen LogP contribution in [0.1, 0.15) is 29.6 Å². The number of amides is 2. The lowest BCUT2D eigenvalue weighted by atomic mass is 10.1. The number of hydrogen-bond acceptors (Lipinski definition) is 5. The number of thiazole rings is 1. The van der Waals surface area contributed by atoms with Crippen molar-refractivity contribution in [2.24, 2.45) is 0 Å². The molecule has 0 unspecified atom stereocenters. The molecule has 1 N–H and O–H groups in total. The van der Waals surface area contributed by atoms with Crippen LogP contribution < -0.4 is 5.32 Å². The van der Waals surface area contributed by atoms with Crippen LogP contribution in [0.2, 0.25) is 0 Å². The summed E-state index contributed by atoms with van der Waals surface area (Å²) in [6.45, 7) is 3.40. The second kappa shape index (κ2) is 6.51. The Balaban J connectivity index is 1.77. The van der Waals surface area contributed by atoms with E-state index in [4.69, 9.17) is 4.74 Å². The number of ether oxygens (including phenoxy) is 1. The summed E-state index contributed by atoms with van der Waals surface area (Å²) in [7, 11) is 0. The van der Waals surface area contributed by atoms with Crippen molar-refractivity contribution >= 4 is 23.3 Å². The molecule has 1 aliphatic rings. The third-order valence-electron chi connectivity index (χ3n) is 2.98. The minimum atomic E-state index is -0.271. The molecule has 2 heterocycles. The number of nitrogens with one attached hydrogen (secondary N) is 1. The molecule has 0 spiro atoms. The molecule has 0 aliphatic carbocycles. The Bertz CT molecular complexity index is 427. The number of carbonyl (C=O) groups is 2. The van der Waals surface area contributed by atoms with Gasteiger partial charge in [-0.05, 0) is 19.8 Å². The third-order valence-corrected chi connectivity index (χ3v) is 3.75. The van der Waals surface area contributed by atoms with Crippen molar-refractivity contribution in [3.63, 3.8) is 0 Å². The quantitative estimate of drug-likeness (QED) is 0.912. The van der Waals surface area contributed by atoms with Gasteiger partial charge in [0.25, 0.3) is 5.91 Å². The second-order valence-electron chi connectivity index (χ2n) is 4.27. The summed E-state index contributed by atoms with van der Waals surface area (Å²) in [5, 5.41) is 5.20. The number of hydrogen-bond donors (Lipinski definition) is 1. The monoisotopic (exact) mass is 283 g/mol. The van der Waals surface area contributed by atoms with E-state index in [0.717, 1.165) is 12.8 Å². The van der Waals surface area contributed by atoms with Gasteiger partial charge in [-0.3, -0.25) is 4.79 Å². The molecule has 0 atom stereocenters. The van der Waals surface area contributed by atoms with E-state index >= 15 is 0 Å². The van der Waals surface area contributed by atoms with Crippen LogP contribution in [-0.4, -0.2) is 47.6 Å². The van der Waals surface area contributed by atoms with Gasteiger partial charge in [0.05, 0.1) is 6.61 Å². The Morgan fingerprint density at radius 2 is 2.26 bits per heavy atom. The highest BCUT2D eigenvalue weighted by Crippen LogP contribution is 2.13. The molecular formula is C12H17N3O3S. The molecule has 2 rings (SSSR count). The van der Waals surface area contributed by atoms with Gasteiger partial charge in [0.1, 0.15) is 0 Å². The van der Waals surface area contributed by atoms with Crippen molar-refractivity contribution < 1.29 is 14.3 Å². The molecule has 1 aromatic rings. The van der Waals surface area contributed by atoms with E-state index in [1.54, 1.807) is 23.4 Å². The number of rotatable bonds is 3. The van der Waals surface area contributed by atoms with Crippen molar-refractivity contribution in [2.45, 2.75) is 25.8 Å². The first-order chi connectivity index (χ1) is 9.20. The largest absolute Gasteiger partial charge is 0.450 e. The Hall–Kier alpha value is -1.63. The number of nitrogens with zero attached hydrogens (tertiary/aromatic N) is 2. The predicted molar refractivity (Wildman–Crippen MR) is 71.2 cm³/mol. The molecule has 1 saturated heterocycles. The molecule has 0 saturated carbocycles. The van der Waals surface area contributed by atoms with Crippen LogP contribution in [0.4, 0.5) is 4.79 Å². The van der Waals surface area contributed by atoms with Crippen molar-refractivity contribution in [1.29, 1.82) is 0 Å². The Morgan fingerprint density at radius 3 is 2.84 bits per heavy atom. The van der Waals surface area contributed by atoms with Crippen molar-refractivity contribution in [3.8, 4) is 0 Å². The van der Waals surface area contributed by atoms with E-state index in [1.165, 1.54) is 11.3 Å². The van der Waals surface area contributed by atoms with Gasteiger partial charge in [0.2, 0.25) is 0 Å². The van der Waals surface area contributed by atoms with Crippen LogP contribution >= 0.6 is 11.3 Å². The number of likely N-dealkylation sites (tertiary alicyclic amines) is 1. The molecule has 104 valence electrons. The van der Waals surface area contributed by atoms with E-state index in [1.807, 2.05) is 0 Å². The van der Waals surface area contributed by atoms with E-state index in [9.17, 15) is 9.59 Å². The molecule has 1 aromatic heterocycles. The van der Waals surface area contributed by atoms with Gasteiger partial charge >= 0.3 is 6.09 Å². The molecule has 6 nitrogen and oxygen atoms in total. The van der Waals surface area contributed by atoms with Crippen LogP contribution in [0.15, 0.2) is 11.6 Å². The summed E-state index contributed by atoms with van der Waals surface area (Å²) in [5.41, 5.74) is 0. The molecule has 2 amide bonds. The standard InChI is InChI=1S/C12H17N3O3S/c1-2-18-12(17)15-6-3-9(4-7-15)14-10(16)11-13-5-8-19-11/h5,8-9H,2-4,6-7H2,1H3,(H,14,16). The fourth-order valence-corrected chi connectivity index (χ4v) is 2.54. The van der Waals surface area contributed by atoms with E-state index < -0.39 is 0 Å². The summed E-state index contributed by atoms with van der Waals surface area (Å²) in [6.07, 6.45) is 2.83. The minimum absolute atomic E-state index is 0.0991. The molecule has 0 aromatic carbocycles. The highest BCUT2D eigenvalue weighted by molar-refractivity contribution is 7.11. The van der Waals surface area contributed by atoms with Gasteiger partial charge in [0.15, 0.2) is 5.01 Å². The highest BCUT2D eigenvalue weighted by Gasteiger charge is 2.25. The van der Waals surface area contributed by atoms with Crippen molar-refractivity contribution in [1.82, 2.24) is 15.2 Å². The van der Waals surface area contributed by atoms with Gasteiger partial charge in [0, 0.05) is 30.7 Å². The first-order valence-corrected chi connectivity index (χ1v) is 7.20. The maximum Gasteiger partial charge on any atom is 0.409 e. The van der Waals surface area contributed by atoms with Crippen LogP contribution in [0.3, 0.4) is 0 Å². The lowest BCUT2D eigenvalue weighted by Crippen LogP contribution is -2.46. The smallest absolute Gasteiger partial charge is 0.409 e. The van der Waals surface area contributed by atoms with Crippen LogP contribution in [0.5, 0.6) is 0 Å². The van der Waals surface area contributed by atoms with Gasteiger partial charge < -0.3 is 15.0 Å². The minimum Gasteiger partial charge on any atom is -0.450 e. The van der Waals surface area contributed by atoms with Crippen LogP contribution in [0.25, 0.3) is 0 Å². The normalized spacial score (nSPS) is 16.2. The van der Waals surface area contributed by atoms with Gasteiger partial charge in [-0.15, -0.1) is 11.3 Å². The first-order valence-electron chi connectivity index (χ1n) is 6.32. The number of carbonyl (C=O) groups excluding carboxylic acids is 2. The van der Waals surface area contributed by atoms with Crippen molar-refractivity contribution in [2.75, 3.05) is 19.7 Å². The van der Waals surface area contributed by atoms with Crippen molar-refractivity contribution in [3.05, 3.63) is 16.6 Å². The average Bonchev–Trinajstić information content (AvgIpc) is 2.94. The fourth-order valence-electron chi connectivity index (χ4n) is 2.00. The second-order valence-corrected chi connectivity index (χ2v) is 5.17. The molecular weight excluding hydrogens is 266 g/mol. The molecule has 1 fully saturated rings. The van der Waals surface area contributed by atoms with Gasteiger partial charge in [-0.25, -0.2) is 9.78 Å². The molecule has 19 heavy (non-hydrogen) atoms. The molecule has 7 heteroatoms. The van der Waals surface area contributed by atoms with Crippen LogP contribution in [0, 0.1) is 0 Å². The van der Waals surface area contributed by atoms with E-state index in [0.29, 0.717) is 24.7 Å². The third kappa shape index (κ3) is 3.66. The summed E-state index contributed by atoms with van der Waals surface area (Å²) in [5.74, 6) is -0.135. The lowest BCUT2D eigenvalue weighted by Gasteiger charge is -2.31. The summed E-state index contributed by atoms with van der Waals surface area (Å²) >= 11 is 1.32. The Kier molecular flexibility index (Phi) is 4.73. The van der Waals surface area contributed by atoms with Gasteiger partial charge in [-0.2, -0.15) is 0 Å². The average molecular weight is 283 g/mol. The maximum atomic E-state index is 11.8. The molecule has 0 bridgehead atoms. The number of piperidine rings is 1. The zero-order chi connectivity index (χ0) is 13.7. The fraction of sp³-hybridized carbons (Fsp3) is 0.583. The zero-order valence-electron chi connectivity index (χ0n) is 10.8. The number of aromatic nitrogens is 1. The summed E-state index contributed by atoms with van der Waals surface area (Å²) in [6, 6.07) is 0.0991. The van der Waals surface area contributed by atoms with E-state index in [-0.39, 0.29) is 18.0 Å². The summed E-state index contributed by atoms with van der Waals surface area (Å²) < 4.78 is 4.95. The molecule has 0 radical (unpaired) electrons. The SMILES string of the molecule is CCOC(=O)N1CCC(NC(=O)c2nccs2)CC1.